The van der Waals surface area contributed by atoms with Crippen LogP contribution in [-0.4, -0.2) is 65.8 Å². The lowest BCUT2D eigenvalue weighted by Crippen LogP contribution is -2.53. The summed E-state index contributed by atoms with van der Waals surface area (Å²) in [6.07, 6.45) is 3.55. The summed E-state index contributed by atoms with van der Waals surface area (Å²) < 4.78 is 5.19. The molecule has 4 heterocycles. The average molecular weight is 388 g/mol. The minimum absolute atomic E-state index is 0.0980. The molecular formula is C20H25N3O3S. The molecule has 27 heavy (non-hydrogen) atoms. The highest BCUT2D eigenvalue weighted by atomic mass is 32.1. The summed E-state index contributed by atoms with van der Waals surface area (Å²) in [6.45, 7) is 5.86. The molecule has 1 atom stereocenters. The van der Waals surface area contributed by atoms with Crippen LogP contribution in [0.3, 0.4) is 0 Å². The molecule has 0 unspecified atom stereocenters. The molecule has 4 rings (SSSR count). The van der Waals surface area contributed by atoms with Crippen LogP contribution in [0.15, 0.2) is 34.3 Å². The summed E-state index contributed by atoms with van der Waals surface area (Å²) >= 11 is 1.83. The fourth-order valence-electron chi connectivity index (χ4n) is 4.10. The van der Waals surface area contributed by atoms with Crippen molar-refractivity contribution in [2.75, 3.05) is 39.3 Å². The van der Waals surface area contributed by atoms with Gasteiger partial charge in [-0.2, -0.15) is 0 Å². The number of furan rings is 1. The first-order valence-electron chi connectivity index (χ1n) is 9.58. The Labute approximate surface area is 163 Å². The van der Waals surface area contributed by atoms with Crippen molar-refractivity contribution in [1.29, 1.82) is 0 Å². The van der Waals surface area contributed by atoms with Crippen LogP contribution in [0.25, 0.3) is 0 Å². The van der Waals surface area contributed by atoms with Gasteiger partial charge in [0.2, 0.25) is 5.91 Å². The summed E-state index contributed by atoms with van der Waals surface area (Å²) in [5.41, 5.74) is 1.40. The van der Waals surface area contributed by atoms with Gasteiger partial charge in [-0.3, -0.25) is 14.5 Å². The Hall–Kier alpha value is -2.12. The SMILES string of the molecule is CC[C@@H]1c2ccsc2CCN1CC(=O)N1CCN(C(=O)c2ccco2)CC1. The van der Waals surface area contributed by atoms with Crippen molar-refractivity contribution in [3.63, 3.8) is 0 Å². The lowest BCUT2D eigenvalue weighted by molar-refractivity contribution is -0.134. The molecule has 144 valence electrons. The van der Waals surface area contributed by atoms with E-state index in [2.05, 4.69) is 23.3 Å². The van der Waals surface area contributed by atoms with Crippen LogP contribution in [0.4, 0.5) is 0 Å². The Bertz CT molecular complexity index is 793. The van der Waals surface area contributed by atoms with Gasteiger partial charge in [-0.1, -0.05) is 6.92 Å². The van der Waals surface area contributed by atoms with Crippen molar-refractivity contribution in [3.05, 3.63) is 46.0 Å². The normalized spacial score (nSPS) is 20.6. The van der Waals surface area contributed by atoms with E-state index in [1.165, 1.54) is 16.7 Å². The average Bonchev–Trinajstić information content (AvgIpc) is 3.39. The van der Waals surface area contributed by atoms with E-state index in [0.717, 1.165) is 19.4 Å². The maximum atomic E-state index is 12.8. The van der Waals surface area contributed by atoms with Gasteiger partial charge in [0.1, 0.15) is 0 Å². The van der Waals surface area contributed by atoms with Crippen molar-refractivity contribution >= 4 is 23.2 Å². The molecule has 0 bridgehead atoms. The molecule has 1 fully saturated rings. The molecule has 0 aliphatic carbocycles. The summed E-state index contributed by atoms with van der Waals surface area (Å²) in [7, 11) is 0. The van der Waals surface area contributed by atoms with Gasteiger partial charge in [0.25, 0.3) is 5.91 Å². The summed E-state index contributed by atoms with van der Waals surface area (Å²) in [5, 5.41) is 2.16. The van der Waals surface area contributed by atoms with Crippen LogP contribution >= 0.6 is 11.3 Å². The molecule has 0 aromatic carbocycles. The van der Waals surface area contributed by atoms with E-state index in [9.17, 15) is 9.59 Å². The van der Waals surface area contributed by atoms with Crippen molar-refractivity contribution in [2.24, 2.45) is 0 Å². The molecule has 0 N–H and O–H groups in total. The Kier molecular flexibility index (Phi) is 5.31. The fraction of sp³-hybridized carbons (Fsp3) is 0.500. The van der Waals surface area contributed by atoms with Crippen molar-refractivity contribution < 1.29 is 14.0 Å². The van der Waals surface area contributed by atoms with Gasteiger partial charge in [0, 0.05) is 43.6 Å². The molecule has 1 saturated heterocycles. The zero-order chi connectivity index (χ0) is 18.8. The number of carbonyl (C=O) groups excluding carboxylic acids is 2. The lowest BCUT2D eigenvalue weighted by Gasteiger charge is -2.38. The van der Waals surface area contributed by atoms with Crippen LogP contribution in [0.1, 0.15) is 40.4 Å². The van der Waals surface area contributed by atoms with E-state index in [1.54, 1.807) is 17.0 Å². The highest BCUT2D eigenvalue weighted by Crippen LogP contribution is 2.35. The van der Waals surface area contributed by atoms with E-state index in [4.69, 9.17) is 4.42 Å². The maximum absolute atomic E-state index is 12.8. The number of thiophene rings is 1. The van der Waals surface area contributed by atoms with Gasteiger partial charge >= 0.3 is 0 Å². The molecule has 2 aromatic rings. The van der Waals surface area contributed by atoms with E-state index >= 15 is 0 Å². The van der Waals surface area contributed by atoms with Crippen molar-refractivity contribution in [2.45, 2.75) is 25.8 Å². The monoisotopic (exact) mass is 387 g/mol. The number of piperazine rings is 1. The third kappa shape index (κ3) is 3.66. The first kappa shape index (κ1) is 18.3. The van der Waals surface area contributed by atoms with Crippen LogP contribution < -0.4 is 0 Å². The van der Waals surface area contributed by atoms with Crippen LogP contribution in [-0.2, 0) is 11.2 Å². The van der Waals surface area contributed by atoms with Gasteiger partial charge in [0.15, 0.2) is 5.76 Å². The maximum Gasteiger partial charge on any atom is 0.289 e. The molecule has 0 radical (unpaired) electrons. The predicted octanol–water partition coefficient (Wildman–Crippen LogP) is 2.63. The van der Waals surface area contributed by atoms with Crippen LogP contribution in [0.2, 0.25) is 0 Å². The predicted molar refractivity (Wildman–Crippen MR) is 104 cm³/mol. The number of rotatable bonds is 4. The molecule has 2 aromatic heterocycles. The number of carbonyl (C=O) groups is 2. The Balaban J connectivity index is 1.33. The third-order valence-corrected chi connectivity index (χ3v) is 6.58. The second kappa shape index (κ2) is 7.86. The molecule has 7 heteroatoms. The molecule has 0 saturated carbocycles. The topological polar surface area (TPSA) is 57.0 Å². The number of hydrogen-bond donors (Lipinski definition) is 0. The highest BCUT2D eigenvalue weighted by Gasteiger charge is 2.31. The van der Waals surface area contributed by atoms with Gasteiger partial charge in [-0.15, -0.1) is 11.3 Å². The highest BCUT2D eigenvalue weighted by molar-refractivity contribution is 7.10. The number of amides is 2. The molecular weight excluding hydrogens is 362 g/mol. The van der Waals surface area contributed by atoms with E-state index in [1.807, 2.05) is 16.2 Å². The van der Waals surface area contributed by atoms with E-state index in [0.29, 0.717) is 44.5 Å². The summed E-state index contributed by atoms with van der Waals surface area (Å²) in [5.74, 6) is 0.428. The smallest absolute Gasteiger partial charge is 0.289 e. The second-order valence-corrected chi connectivity index (χ2v) is 8.09. The van der Waals surface area contributed by atoms with Crippen LogP contribution in [0, 0.1) is 0 Å². The molecule has 6 nitrogen and oxygen atoms in total. The van der Waals surface area contributed by atoms with E-state index in [-0.39, 0.29) is 11.8 Å². The fourth-order valence-corrected chi connectivity index (χ4v) is 5.03. The van der Waals surface area contributed by atoms with E-state index < -0.39 is 0 Å². The van der Waals surface area contributed by atoms with Crippen molar-refractivity contribution in [1.82, 2.24) is 14.7 Å². The second-order valence-electron chi connectivity index (χ2n) is 7.09. The summed E-state index contributed by atoms with van der Waals surface area (Å²) in [4.78, 5) is 32.6. The largest absolute Gasteiger partial charge is 0.459 e. The molecule has 2 aliphatic rings. The number of nitrogens with zero attached hydrogens (tertiary/aromatic N) is 3. The third-order valence-electron chi connectivity index (χ3n) is 5.58. The molecule has 0 spiro atoms. The van der Waals surface area contributed by atoms with Gasteiger partial charge < -0.3 is 14.2 Å². The lowest BCUT2D eigenvalue weighted by atomic mass is 9.98. The number of fused-ring (bicyclic) bond motifs is 1. The van der Waals surface area contributed by atoms with Crippen molar-refractivity contribution in [3.8, 4) is 0 Å². The standard InChI is InChI=1S/C20H25N3O3S/c1-2-16-15-6-13-27-18(15)5-7-23(16)14-19(24)21-8-10-22(11-9-21)20(25)17-4-3-12-26-17/h3-4,6,12-13,16H,2,5,7-11,14H2,1H3/t16-/m1/s1. The van der Waals surface area contributed by atoms with Gasteiger partial charge in [-0.05, 0) is 42.0 Å². The zero-order valence-corrected chi connectivity index (χ0v) is 16.4. The Morgan fingerprint density at radius 2 is 1.93 bits per heavy atom. The first-order chi connectivity index (χ1) is 13.2. The Morgan fingerprint density at radius 1 is 1.15 bits per heavy atom. The Morgan fingerprint density at radius 3 is 2.63 bits per heavy atom. The van der Waals surface area contributed by atoms with Gasteiger partial charge in [0.05, 0.1) is 12.8 Å². The zero-order valence-electron chi connectivity index (χ0n) is 15.6. The quantitative estimate of drug-likeness (QED) is 0.809. The van der Waals surface area contributed by atoms with Gasteiger partial charge in [-0.25, -0.2) is 0 Å². The molecule has 2 aliphatic heterocycles. The number of hydrogen-bond acceptors (Lipinski definition) is 5. The minimum atomic E-state index is -0.0980. The summed E-state index contributed by atoms with van der Waals surface area (Å²) in [6, 6.07) is 5.95. The first-order valence-corrected chi connectivity index (χ1v) is 10.5. The van der Waals surface area contributed by atoms with Crippen LogP contribution in [0.5, 0.6) is 0 Å². The minimum Gasteiger partial charge on any atom is -0.459 e. The molecule has 2 amide bonds.